The number of aryl methyl sites for hydroxylation is 1. The van der Waals surface area contributed by atoms with Crippen LogP contribution in [0.4, 0.5) is 0 Å². The molecule has 0 aliphatic rings. The van der Waals surface area contributed by atoms with Gasteiger partial charge in [-0.25, -0.2) is 0 Å². The van der Waals surface area contributed by atoms with Crippen LogP contribution in [0.15, 0.2) is 29.1 Å². The highest BCUT2D eigenvalue weighted by molar-refractivity contribution is 5.82. The topological polar surface area (TPSA) is 53.2 Å². The Labute approximate surface area is 137 Å². The molecule has 0 atom stereocenters. The number of pyridine rings is 1. The van der Waals surface area contributed by atoms with E-state index in [1.165, 1.54) is 0 Å². The second kappa shape index (κ2) is 6.57. The molecular weight excluding hydrogens is 288 g/mol. The lowest BCUT2D eigenvalue weighted by Gasteiger charge is -2.29. The third-order valence-electron chi connectivity index (χ3n) is 3.86. The number of H-pyrrole nitrogens is 1. The molecule has 4 heteroatoms. The van der Waals surface area contributed by atoms with E-state index in [1.54, 1.807) is 4.90 Å². The van der Waals surface area contributed by atoms with Gasteiger partial charge in [-0.3, -0.25) is 9.59 Å². The van der Waals surface area contributed by atoms with Crippen LogP contribution < -0.4 is 5.56 Å². The molecule has 0 bridgehead atoms. The summed E-state index contributed by atoms with van der Waals surface area (Å²) in [5.74, 6) is 0.0723. The molecule has 1 amide bonds. The number of carbonyl (C=O) groups is 1. The predicted octanol–water partition coefficient (Wildman–Crippen LogP) is 3.62. The van der Waals surface area contributed by atoms with Crippen molar-refractivity contribution < 1.29 is 4.79 Å². The van der Waals surface area contributed by atoms with Gasteiger partial charge in [0.15, 0.2) is 0 Å². The number of rotatable bonds is 4. The molecule has 2 rings (SSSR count). The quantitative estimate of drug-likeness (QED) is 0.937. The van der Waals surface area contributed by atoms with E-state index in [0.29, 0.717) is 18.7 Å². The third-order valence-corrected chi connectivity index (χ3v) is 3.86. The largest absolute Gasteiger partial charge is 0.338 e. The fraction of sp³-hybridized carbons (Fsp3) is 0.474. The van der Waals surface area contributed by atoms with Gasteiger partial charge in [0.05, 0.1) is 6.54 Å². The Morgan fingerprint density at radius 3 is 2.52 bits per heavy atom. The minimum atomic E-state index is -0.449. The normalized spacial score (nSPS) is 11.7. The Kier molecular flexibility index (Phi) is 4.93. The molecule has 0 radical (unpaired) electrons. The van der Waals surface area contributed by atoms with Crippen LogP contribution in [0.3, 0.4) is 0 Å². The number of fused-ring (bicyclic) bond motifs is 1. The van der Waals surface area contributed by atoms with Gasteiger partial charge in [-0.15, -0.1) is 0 Å². The Bertz CT molecular complexity index is 769. The summed E-state index contributed by atoms with van der Waals surface area (Å²) in [7, 11) is 0. The Balaban J connectivity index is 2.39. The van der Waals surface area contributed by atoms with Crippen LogP contribution in [-0.2, 0) is 11.3 Å². The number of nitrogens with one attached hydrogen (secondary N) is 1. The van der Waals surface area contributed by atoms with Crippen molar-refractivity contribution in [1.29, 1.82) is 0 Å². The second-order valence-electron chi connectivity index (χ2n) is 7.19. The first-order chi connectivity index (χ1) is 10.7. The van der Waals surface area contributed by atoms with Crippen LogP contribution in [-0.4, -0.2) is 22.3 Å². The molecule has 0 aliphatic carbocycles. The number of amides is 1. The molecule has 0 fully saturated rings. The summed E-state index contributed by atoms with van der Waals surface area (Å²) < 4.78 is 0. The fourth-order valence-electron chi connectivity index (χ4n) is 2.69. The SMILES string of the molecule is CCCN(Cc1cc2cc(C)ccc2[nH]c1=O)C(=O)C(C)(C)C. The molecule has 23 heavy (non-hydrogen) atoms. The van der Waals surface area contributed by atoms with Crippen LogP contribution in [0, 0.1) is 12.3 Å². The molecule has 0 aliphatic heterocycles. The lowest BCUT2D eigenvalue weighted by molar-refractivity contribution is -0.140. The lowest BCUT2D eigenvalue weighted by Crippen LogP contribution is -2.40. The Morgan fingerprint density at radius 2 is 1.91 bits per heavy atom. The van der Waals surface area contributed by atoms with Crippen molar-refractivity contribution in [2.75, 3.05) is 6.54 Å². The molecule has 2 aromatic rings. The van der Waals surface area contributed by atoms with Crippen LogP contribution in [0.25, 0.3) is 10.9 Å². The number of hydrogen-bond acceptors (Lipinski definition) is 2. The first kappa shape index (κ1) is 17.3. The zero-order chi connectivity index (χ0) is 17.2. The predicted molar refractivity (Wildman–Crippen MR) is 94.5 cm³/mol. The third kappa shape index (κ3) is 4.01. The van der Waals surface area contributed by atoms with Crippen molar-refractivity contribution in [1.82, 2.24) is 9.88 Å². The van der Waals surface area contributed by atoms with Gasteiger partial charge in [0.25, 0.3) is 5.56 Å². The van der Waals surface area contributed by atoms with E-state index in [-0.39, 0.29) is 11.5 Å². The van der Waals surface area contributed by atoms with Crippen molar-refractivity contribution in [3.63, 3.8) is 0 Å². The van der Waals surface area contributed by atoms with Gasteiger partial charge in [0.2, 0.25) is 5.91 Å². The smallest absolute Gasteiger partial charge is 0.253 e. The highest BCUT2D eigenvalue weighted by Gasteiger charge is 2.27. The molecule has 0 spiro atoms. The maximum absolute atomic E-state index is 12.6. The molecular formula is C19H26N2O2. The first-order valence-corrected chi connectivity index (χ1v) is 8.14. The highest BCUT2D eigenvalue weighted by Crippen LogP contribution is 2.20. The minimum absolute atomic E-state index is 0.0723. The maximum Gasteiger partial charge on any atom is 0.253 e. The van der Waals surface area contributed by atoms with Gasteiger partial charge in [-0.05, 0) is 36.9 Å². The Hall–Kier alpha value is -2.10. The number of hydrogen-bond donors (Lipinski definition) is 1. The van der Waals surface area contributed by atoms with E-state index in [9.17, 15) is 9.59 Å². The van der Waals surface area contributed by atoms with Crippen LogP contribution >= 0.6 is 0 Å². The standard InChI is InChI=1S/C19H26N2O2/c1-6-9-21(18(23)19(3,4)5)12-15-11-14-10-13(2)7-8-16(14)20-17(15)22/h7-8,10-11H,6,9,12H2,1-5H3,(H,20,22). The molecule has 1 aromatic heterocycles. The maximum atomic E-state index is 12.6. The lowest BCUT2D eigenvalue weighted by atomic mass is 9.94. The van der Waals surface area contributed by atoms with Crippen molar-refractivity contribution in [2.24, 2.45) is 5.41 Å². The van der Waals surface area contributed by atoms with Crippen LogP contribution in [0.1, 0.15) is 45.2 Å². The van der Waals surface area contributed by atoms with Gasteiger partial charge in [-0.1, -0.05) is 39.3 Å². The summed E-state index contributed by atoms with van der Waals surface area (Å²) in [5, 5.41) is 0.999. The first-order valence-electron chi connectivity index (χ1n) is 8.14. The minimum Gasteiger partial charge on any atom is -0.338 e. The van der Waals surface area contributed by atoms with Gasteiger partial charge in [-0.2, -0.15) is 0 Å². The molecule has 0 saturated carbocycles. The van der Waals surface area contributed by atoms with E-state index >= 15 is 0 Å². The summed E-state index contributed by atoms with van der Waals surface area (Å²) >= 11 is 0. The summed E-state index contributed by atoms with van der Waals surface area (Å²) in [4.78, 5) is 29.6. The van der Waals surface area contributed by atoms with Crippen molar-refractivity contribution in [2.45, 2.75) is 47.6 Å². The molecule has 0 saturated heterocycles. The molecule has 1 heterocycles. The summed E-state index contributed by atoms with van der Waals surface area (Å²) in [5.41, 5.74) is 2.04. The van der Waals surface area contributed by atoms with Crippen LogP contribution in [0.2, 0.25) is 0 Å². The van der Waals surface area contributed by atoms with Crippen LogP contribution in [0.5, 0.6) is 0 Å². The number of benzene rings is 1. The monoisotopic (exact) mass is 314 g/mol. The van der Waals surface area contributed by atoms with E-state index in [4.69, 9.17) is 0 Å². The van der Waals surface area contributed by atoms with Gasteiger partial charge in [0, 0.05) is 23.0 Å². The zero-order valence-electron chi connectivity index (χ0n) is 14.7. The zero-order valence-corrected chi connectivity index (χ0v) is 14.7. The van der Waals surface area contributed by atoms with E-state index in [0.717, 1.165) is 22.9 Å². The summed E-state index contributed by atoms with van der Waals surface area (Å²) in [6, 6.07) is 7.84. The van der Waals surface area contributed by atoms with Crippen molar-refractivity contribution >= 4 is 16.8 Å². The molecule has 4 nitrogen and oxygen atoms in total. The van der Waals surface area contributed by atoms with Gasteiger partial charge in [0.1, 0.15) is 0 Å². The van der Waals surface area contributed by atoms with E-state index < -0.39 is 5.41 Å². The average Bonchev–Trinajstić information content (AvgIpc) is 2.46. The second-order valence-corrected chi connectivity index (χ2v) is 7.19. The van der Waals surface area contributed by atoms with Crippen molar-refractivity contribution in [3.05, 3.63) is 45.7 Å². The summed E-state index contributed by atoms with van der Waals surface area (Å²) in [6.45, 7) is 10.8. The number of carbonyl (C=O) groups excluding carboxylic acids is 1. The molecule has 124 valence electrons. The van der Waals surface area contributed by atoms with Gasteiger partial charge < -0.3 is 9.88 Å². The fourth-order valence-corrected chi connectivity index (χ4v) is 2.69. The molecule has 1 aromatic carbocycles. The Morgan fingerprint density at radius 1 is 1.22 bits per heavy atom. The van der Waals surface area contributed by atoms with Gasteiger partial charge >= 0.3 is 0 Å². The number of nitrogens with zero attached hydrogens (tertiary/aromatic N) is 1. The van der Waals surface area contributed by atoms with Crippen molar-refractivity contribution in [3.8, 4) is 0 Å². The van der Waals surface area contributed by atoms with E-state index in [2.05, 4.69) is 4.98 Å². The number of aromatic amines is 1. The average molecular weight is 314 g/mol. The molecule has 1 N–H and O–H groups in total. The summed E-state index contributed by atoms with van der Waals surface area (Å²) in [6.07, 6.45) is 0.867. The molecule has 0 unspecified atom stereocenters. The number of aromatic nitrogens is 1. The van der Waals surface area contributed by atoms with E-state index in [1.807, 2.05) is 58.9 Å². The highest BCUT2D eigenvalue weighted by atomic mass is 16.2.